The summed E-state index contributed by atoms with van der Waals surface area (Å²) in [6, 6.07) is 8.72. The van der Waals surface area contributed by atoms with Crippen LogP contribution in [0.25, 0.3) is 0 Å². The second-order valence-corrected chi connectivity index (χ2v) is 4.88. The van der Waals surface area contributed by atoms with Crippen LogP contribution in [0.5, 0.6) is 0 Å². The lowest BCUT2D eigenvalue weighted by molar-refractivity contribution is -0.151. The standard InChI is InChI=1S/C14H15F2NO3/c15-11(16)12(18)17-8-6-14(7-9-17,13(19)20)10-4-2-1-3-5-10/h1-5,11H,6-9H2,(H,19,20). The SMILES string of the molecule is O=C(C(F)F)N1CCC(C(=O)O)(c2ccccc2)CC1. The van der Waals surface area contributed by atoms with Crippen molar-refractivity contribution in [1.82, 2.24) is 4.90 Å². The lowest BCUT2D eigenvalue weighted by Gasteiger charge is -2.39. The maximum absolute atomic E-state index is 12.4. The first kappa shape index (κ1) is 14.4. The topological polar surface area (TPSA) is 57.6 Å². The normalized spacial score (nSPS) is 18.1. The fourth-order valence-electron chi connectivity index (χ4n) is 2.63. The number of aliphatic carboxylic acids is 1. The Morgan fingerprint density at radius 1 is 1.15 bits per heavy atom. The Balaban J connectivity index is 2.20. The number of likely N-dealkylation sites (tertiary alicyclic amines) is 1. The number of carbonyl (C=O) groups is 2. The number of carboxylic acids is 1. The van der Waals surface area contributed by atoms with Crippen molar-refractivity contribution in [2.45, 2.75) is 24.7 Å². The Labute approximate surface area is 115 Å². The molecule has 0 aromatic heterocycles. The van der Waals surface area contributed by atoms with Crippen molar-refractivity contribution in [3.8, 4) is 0 Å². The van der Waals surface area contributed by atoms with Crippen molar-refractivity contribution < 1.29 is 23.5 Å². The van der Waals surface area contributed by atoms with E-state index in [9.17, 15) is 23.5 Å². The first-order valence-corrected chi connectivity index (χ1v) is 6.33. The molecule has 1 aliphatic rings. The monoisotopic (exact) mass is 283 g/mol. The third kappa shape index (κ3) is 2.50. The van der Waals surface area contributed by atoms with Gasteiger partial charge in [-0.2, -0.15) is 8.78 Å². The zero-order valence-electron chi connectivity index (χ0n) is 10.8. The second-order valence-electron chi connectivity index (χ2n) is 4.88. The van der Waals surface area contributed by atoms with Crippen molar-refractivity contribution in [2.75, 3.05) is 13.1 Å². The molecule has 1 heterocycles. The van der Waals surface area contributed by atoms with Gasteiger partial charge >= 0.3 is 12.4 Å². The first-order chi connectivity index (χ1) is 9.47. The van der Waals surface area contributed by atoms with Crippen LogP contribution in [-0.4, -0.2) is 41.4 Å². The Kier molecular flexibility index (Phi) is 4.01. The molecule has 1 amide bonds. The van der Waals surface area contributed by atoms with Gasteiger partial charge in [0.05, 0.1) is 5.41 Å². The lowest BCUT2D eigenvalue weighted by Crippen LogP contribution is -2.50. The highest BCUT2D eigenvalue weighted by Crippen LogP contribution is 2.36. The number of piperidine rings is 1. The number of rotatable bonds is 3. The first-order valence-electron chi connectivity index (χ1n) is 6.33. The van der Waals surface area contributed by atoms with E-state index in [-0.39, 0.29) is 25.9 Å². The van der Waals surface area contributed by atoms with Crippen molar-refractivity contribution in [2.24, 2.45) is 0 Å². The summed E-state index contributed by atoms with van der Waals surface area (Å²) in [7, 11) is 0. The van der Waals surface area contributed by atoms with Gasteiger partial charge in [-0.1, -0.05) is 30.3 Å². The lowest BCUT2D eigenvalue weighted by atomic mass is 9.73. The molecule has 1 saturated heterocycles. The van der Waals surface area contributed by atoms with E-state index in [0.717, 1.165) is 4.90 Å². The van der Waals surface area contributed by atoms with Crippen LogP contribution in [0.3, 0.4) is 0 Å². The molecule has 0 aliphatic carbocycles. The van der Waals surface area contributed by atoms with Crippen molar-refractivity contribution >= 4 is 11.9 Å². The molecule has 108 valence electrons. The molecule has 1 N–H and O–H groups in total. The molecule has 0 radical (unpaired) electrons. The minimum atomic E-state index is -3.04. The van der Waals surface area contributed by atoms with Crippen LogP contribution in [0.1, 0.15) is 18.4 Å². The van der Waals surface area contributed by atoms with E-state index in [0.29, 0.717) is 5.56 Å². The molecule has 0 bridgehead atoms. The summed E-state index contributed by atoms with van der Waals surface area (Å²) in [5.74, 6) is -2.20. The van der Waals surface area contributed by atoms with E-state index in [1.54, 1.807) is 30.3 Å². The number of amides is 1. The highest BCUT2D eigenvalue weighted by Gasteiger charge is 2.44. The Morgan fingerprint density at radius 3 is 2.15 bits per heavy atom. The predicted molar refractivity (Wildman–Crippen MR) is 67.6 cm³/mol. The van der Waals surface area contributed by atoms with Crippen molar-refractivity contribution in [3.63, 3.8) is 0 Å². The zero-order chi connectivity index (χ0) is 14.8. The number of halogens is 2. The van der Waals surface area contributed by atoms with Crippen LogP contribution in [-0.2, 0) is 15.0 Å². The van der Waals surface area contributed by atoms with E-state index < -0.39 is 23.7 Å². The maximum atomic E-state index is 12.4. The summed E-state index contributed by atoms with van der Waals surface area (Å²) in [4.78, 5) is 23.9. The number of carboxylic acid groups (broad SMARTS) is 1. The molecule has 2 rings (SSSR count). The fraction of sp³-hybridized carbons (Fsp3) is 0.429. The molecule has 6 heteroatoms. The van der Waals surface area contributed by atoms with E-state index in [1.165, 1.54) is 0 Å². The Morgan fingerprint density at radius 2 is 1.70 bits per heavy atom. The molecule has 0 atom stereocenters. The van der Waals surface area contributed by atoms with Crippen LogP contribution in [0.4, 0.5) is 8.78 Å². The largest absolute Gasteiger partial charge is 0.481 e. The summed E-state index contributed by atoms with van der Waals surface area (Å²) in [6.07, 6.45) is -2.75. The molecule has 1 aromatic carbocycles. The predicted octanol–water partition coefficient (Wildman–Crippen LogP) is 1.90. The molecule has 0 saturated carbocycles. The van der Waals surface area contributed by atoms with Gasteiger partial charge in [0.15, 0.2) is 0 Å². The van der Waals surface area contributed by atoms with Crippen LogP contribution in [0.15, 0.2) is 30.3 Å². The molecule has 0 unspecified atom stereocenters. The summed E-state index contributed by atoms with van der Waals surface area (Å²) >= 11 is 0. The van der Waals surface area contributed by atoms with E-state index >= 15 is 0 Å². The minimum Gasteiger partial charge on any atom is -0.481 e. The van der Waals surface area contributed by atoms with Crippen LogP contribution in [0.2, 0.25) is 0 Å². The molecule has 1 aliphatic heterocycles. The number of carbonyl (C=O) groups excluding carboxylic acids is 1. The van der Waals surface area contributed by atoms with Crippen LogP contribution < -0.4 is 0 Å². The molecular weight excluding hydrogens is 268 g/mol. The van der Waals surface area contributed by atoms with Crippen molar-refractivity contribution in [1.29, 1.82) is 0 Å². The van der Waals surface area contributed by atoms with Crippen LogP contribution >= 0.6 is 0 Å². The number of nitrogens with zero attached hydrogens (tertiary/aromatic N) is 1. The third-order valence-corrected chi connectivity index (χ3v) is 3.85. The second kappa shape index (κ2) is 5.56. The number of hydrogen-bond donors (Lipinski definition) is 1. The Hall–Kier alpha value is -1.98. The fourth-order valence-corrected chi connectivity index (χ4v) is 2.63. The van der Waals surface area contributed by atoms with Gasteiger partial charge in [0, 0.05) is 13.1 Å². The third-order valence-electron chi connectivity index (χ3n) is 3.85. The highest BCUT2D eigenvalue weighted by molar-refractivity contribution is 5.83. The average molecular weight is 283 g/mol. The van der Waals surface area contributed by atoms with Crippen molar-refractivity contribution in [3.05, 3.63) is 35.9 Å². The number of hydrogen-bond acceptors (Lipinski definition) is 2. The number of alkyl halides is 2. The van der Waals surface area contributed by atoms with Gasteiger partial charge in [-0.3, -0.25) is 9.59 Å². The zero-order valence-corrected chi connectivity index (χ0v) is 10.8. The van der Waals surface area contributed by atoms with Gasteiger partial charge in [-0.25, -0.2) is 0 Å². The van der Waals surface area contributed by atoms with Gasteiger partial charge in [-0.05, 0) is 18.4 Å². The summed E-state index contributed by atoms with van der Waals surface area (Å²) in [5, 5.41) is 9.52. The van der Waals surface area contributed by atoms with E-state index in [2.05, 4.69) is 0 Å². The quantitative estimate of drug-likeness (QED) is 0.921. The van der Waals surface area contributed by atoms with Gasteiger partial charge in [0.25, 0.3) is 5.91 Å². The van der Waals surface area contributed by atoms with Gasteiger partial charge < -0.3 is 10.0 Å². The number of benzene rings is 1. The maximum Gasteiger partial charge on any atom is 0.315 e. The molecule has 1 aromatic rings. The summed E-state index contributed by atoms with van der Waals surface area (Å²) < 4.78 is 24.8. The average Bonchev–Trinajstić information content (AvgIpc) is 2.47. The molecule has 1 fully saturated rings. The molecular formula is C14H15F2NO3. The molecule has 0 spiro atoms. The molecule has 4 nitrogen and oxygen atoms in total. The smallest absolute Gasteiger partial charge is 0.315 e. The highest BCUT2D eigenvalue weighted by atomic mass is 19.3. The van der Waals surface area contributed by atoms with E-state index in [1.807, 2.05) is 0 Å². The van der Waals surface area contributed by atoms with Gasteiger partial charge in [0.1, 0.15) is 0 Å². The minimum absolute atomic E-state index is 0.0321. The van der Waals surface area contributed by atoms with Gasteiger partial charge in [-0.15, -0.1) is 0 Å². The van der Waals surface area contributed by atoms with Gasteiger partial charge in [0.2, 0.25) is 0 Å². The summed E-state index contributed by atoms with van der Waals surface area (Å²) in [5.41, 5.74) is -0.447. The summed E-state index contributed by atoms with van der Waals surface area (Å²) in [6.45, 7) is 0.0642. The Bertz CT molecular complexity index is 496. The van der Waals surface area contributed by atoms with E-state index in [4.69, 9.17) is 0 Å². The molecule has 20 heavy (non-hydrogen) atoms. The van der Waals surface area contributed by atoms with Crippen LogP contribution in [0, 0.1) is 0 Å².